The number of rotatable bonds is 4. The van der Waals surface area contributed by atoms with E-state index in [9.17, 15) is 9.59 Å². The van der Waals surface area contributed by atoms with E-state index in [-0.39, 0.29) is 11.8 Å². The van der Waals surface area contributed by atoms with E-state index in [1.807, 2.05) is 22.7 Å². The zero-order valence-corrected chi connectivity index (χ0v) is 14.6. The Labute approximate surface area is 143 Å². The molecular weight excluding hydrogens is 306 g/mol. The zero-order valence-electron chi connectivity index (χ0n) is 14.6. The van der Waals surface area contributed by atoms with Gasteiger partial charge in [-0.25, -0.2) is 0 Å². The van der Waals surface area contributed by atoms with E-state index in [0.717, 1.165) is 51.1 Å². The maximum absolute atomic E-state index is 13.0. The monoisotopic (exact) mass is 333 g/mol. The van der Waals surface area contributed by atoms with Crippen LogP contribution in [0.3, 0.4) is 0 Å². The van der Waals surface area contributed by atoms with Crippen molar-refractivity contribution >= 4 is 11.8 Å². The average molecular weight is 333 g/mol. The molecule has 0 aromatic carbocycles. The number of carbonyl (C=O) groups is 2. The molecule has 1 aromatic rings. The Morgan fingerprint density at radius 3 is 2.75 bits per heavy atom. The number of amides is 2. The van der Waals surface area contributed by atoms with Crippen molar-refractivity contribution in [1.29, 1.82) is 0 Å². The molecular formula is C17H27N5O2. The second-order valence-electron chi connectivity index (χ2n) is 6.64. The van der Waals surface area contributed by atoms with Crippen LogP contribution < -0.4 is 5.32 Å². The zero-order chi connectivity index (χ0) is 17.1. The largest absolute Gasteiger partial charge is 0.341 e. The maximum Gasteiger partial charge on any atom is 0.258 e. The molecule has 0 bridgehead atoms. The SMILES string of the molecule is CCCn1cc(C(=O)N2CCNC[C@@H]2C(=O)N2CCCC2)c(C)n1. The molecule has 1 atom stereocenters. The molecule has 1 N–H and O–H groups in total. The highest BCUT2D eigenvalue weighted by atomic mass is 16.2. The minimum atomic E-state index is -0.404. The first-order valence-corrected chi connectivity index (χ1v) is 8.96. The number of hydrogen-bond donors (Lipinski definition) is 1. The third kappa shape index (κ3) is 3.31. The Kier molecular flexibility index (Phi) is 5.18. The summed E-state index contributed by atoms with van der Waals surface area (Å²) in [4.78, 5) is 29.5. The van der Waals surface area contributed by atoms with Gasteiger partial charge >= 0.3 is 0 Å². The van der Waals surface area contributed by atoms with E-state index in [2.05, 4.69) is 17.3 Å². The first-order valence-electron chi connectivity index (χ1n) is 8.96. The summed E-state index contributed by atoms with van der Waals surface area (Å²) in [6.07, 6.45) is 4.91. The first-order chi connectivity index (χ1) is 11.6. The number of piperazine rings is 1. The van der Waals surface area contributed by atoms with E-state index < -0.39 is 6.04 Å². The molecule has 0 spiro atoms. The summed E-state index contributed by atoms with van der Waals surface area (Å²) in [5.41, 5.74) is 1.35. The van der Waals surface area contributed by atoms with Crippen molar-refractivity contribution in [3.63, 3.8) is 0 Å². The van der Waals surface area contributed by atoms with Gasteiger partial charge in [-0.3, -0.25) is 14.3 Å². The van der Waals surface area contributed by atoms with Crippen molar-refractivity contribution in [3.05, 3.63) is 17.5 Å². The van der Waals surface area contributed by atoms with Crippen molar-refractivity contribution < 1.29 is 9.59 Å². The van der Waals surface area contributed by atoms with Crippen LogP contribution in [0, 0.1) is 6.92 Å². The molecule has 0 radical (unpaired) electrons. The molecule has 24 heavy (non-hydrogen) atoms. The third-order valence-corrected chi connectivity index (χ3v) is 4.84. The standard InChI is InChI=1S/C17H27N5O2/c1-3-7-21-12-14(13(2)19-21)16(23)22-10-6-18-11-15(22)17(24)20-8-4-5-9-20/h12,15,18H,3-11H2,1-2H3/t15-/m1/s1. The third-order valence-electron chi connectivity index (χ3n) is 4.84. The number of nitrogens with zero attached hydrogens (tertiary/aromatic N) is 4. The van der Waals surface area contributed by atoms with Crippen molar-refractivity contribution in [2.45, 2.75) is 45.7 Å². The van der Waals surface area contributed by atoms with Crippen LogP contribution in [0.4, 0.5) is 0 Å². The molecule has 132 valence electrons. The number of nitrogens with one attached hydrogen (secondary N) is 1. The fourth-order valence-corrected chi connectivity index (χ4v) is 3.54. The number of likely N-dealkylation sites (tertiary alicyclic amines) is 1. The van der Waals surface area contributed by atoms with Crippen molar-refractivity contribution in [2.24, 2.45) is 0 Å². The van der Waals surface area contributed by atoms with Gasteiger partial charge in [-0.1, -0.05) is 6.92 Å². The molecule has 2 amide bonds. The minimum absolute atomic E-state index is 0.0751. The second kappa shape index (κ2) is 7.34. The fourth-order valence-electron chi connectivity index (χ4n) is 3.54. The molecule has 7 nitrogen and oxygen atoms in total. The van der Waals surface area contributed by atoms with Gasteiger partial charge < -0.3 is 15.1 Å². The molecule has 0 unspecified atom stereocenters. The quantitative estimate of drug-likeness (QED) is 0.878. The predicted molar refractivity (Wildman–Crippen MR) is 90.8 cm³/mol. The van der Waals surface area contributed by atoms with Crippen LogP contribution in [0.25, 0.3) is 0 Å². The number of aromatic nitrogens is 2. The second-order valence-corrected chi connectivity index (χ2v) is 6.64. The molecule has 7 heteroatoms. The summed E-state index contributed by atoms with van der Waals surface area (Å²) >= 11 is 0. The van der Waals surface area contributed by atoms with Crippen LogP contribution in [0.5, 0.6) is 0 Å². The molecule has 3 rings (SSSR count). The Morgan fingerprint density at radius 2 is 2.04 bits per heavy atom. The highest BCUT2D eigenvalue weighted by Gasteiger charge is 2.36. The summed E-state index contributed by atoms with van der Waals surface area (Å²) < 4.78 is 1.82. The molecule has 1 aromatic heterocycles. The van der Waals surface area contributed by atoms with Crippen molar-refractivity contribution in [1.82, 2.24) is 24.9 Å². The van der Waals surface area contributed by atoms with E-state index >= 15 is 0 Å². The predicted octanol–water partition coefficient (Wildman–Crippen LogP) is 0.638. The Hall–Kier alpha value is -1.89. The Bertz CT molecular complexity index is 606. The van der Waals surface area contributed by atoms with Gasteiger partial charge in [-0.2, -0.15) is 5.10 Å². The van der Waals surface area contributed by atoms with Gasteiger partial charge in [0.1, 0.15) is 6.04 Å². The number of carbonyl (C=O) groups excluding carboxylic acids is 2. The maximum atomic E-state index is 13.0. The van der Waals surface area contributed by atoms with E-state index in [0.29, 0.717) is 18.7 Å². The fraction of sp³-hybridized carbons (Fsp3) is 0.706. The van der Waals surface area contributed by atoms with Crippen LogP contribution in [-0.4, -0.2) is 70.2 Å². The molecule has 2 aliphatic heterocycles. The molecule has 2 aliphatic rings. The molecule has 2 saturated heterocycles. The van der Waals surface area contributed by atoms with Gasteiger partial charge in [0.05, 0.1) is 11.3 Å². The van der Waals surface area contributed by atoms with Crippen molar-refractivity contribution in [3.8, 4) is 0 Å². The van der Waals surface area contributed by atoms with E-state index in [1.54, 1.807) is 4.90 Å². The van der Waals surface area contributed by atoms with Gasteiger partial charge in [-0.15, -0.1) is 0 Å². The van der Waals surface area contributed by atoms with Crippen LogP contribution in [0.2, 0.25) is 0 Å². The lowest BCUT2D eigenvalue weighted by Gasteiger charge is -2.37. The molecule has 0 aliphatic carbocycles. The van der Waals surface area contributed by atoms with Gasteiger partial charge in [0, 0.05) is 45.5 Å². The highest BCUT2D eigenvalue weighted by molar-refractivity contribution is 5.98. The summed E-state index contributed by atoms with van der Waals surface area (Å²) in [5.74, 6) is 0.000512. The minimum Gasteiger partial charge on any atom is -0.341 e. The number of aryl methyl sites for hydroxylation is 2. The first kappa shape index (κ1) is 17.0. The Balaban J connectivity index is 1.79. The lowest BCUT2D eigenvalue weighted by molar-refractivity contribution is -0.135. The lowest BCUT2D eigenvalue weighted by Crippen LogP contribution is -2.59. The highest BCUT2D eigenvalue weighted by Crippen LogP contribution is 2.17. The van der Waals surface area contributed by atoms with E-state index in [4.69, 9.17) is 0 Å². The summed E-state index contributed by atoms with van der Waals surface area (Å²) in [6.45, 7) is 8.17. The topological polar surface area (TPSA) is 70.5 Å². The van der Waals surface area contributed by atoms with Crippen LogP contribution in [-0.2, 0) is 11.3 Å². The van der Waals surface area contributed by atoms with Gasteiger partial charge in [0.15, 0.2) is 0 Å². The van der Waals surface area contributed by atoms with Gasteiger partial charge in [-0.05, 0) is 26.2 Å². The smallest absolute Gasteiger partial charge is 0.258 e. The summed E-state index contributed by atoms with van der Waals surface area (Å²) in [5, 5.41) is 7.68. The summed E-state index contributed by atoms with van der Waals surface area (Å²) in [6, 6.07) is -0.404. The normalized spacial score (nSPS) is 21.3. The Morgan fingerprint density at radius 1 is 1.29 bits per heavy atom. The molecule has 0 saturated carbocycles. The van der Waals surface area contributed by atoms with E-state index in [1.165, 1.54) is 0 Å². The van der Waals surface area contributed by atoms with Gasteiger partial charge in [0.25, 0.3) is 5.91 Å². The molecule has 2 fully saturated rings. The average Bonchev–Trinajstić information content (AvgIpc) is 3.24. The lowest BCUT2D eigenvalue weighted by atomic mass is 10.1. The van der Waals surface area contributed by atoms with Crippen LogP contribution >= 0.6 is 0 Å². The van der Waals surface area contributed by atoms with Crippen molar-refractivity contribution in [2.75, 3.05) is 32.7 Å². The number of hydrogen-bond acceptors (Lipinski definition) is 4. The van der Waals surface area contributed by atoms with Crippen LogP contribution in [0.15, 0.2) is 6.20 Å². The van der Waals surface area contributed by atoms with Crippen LogP contribution in [0.1, 0.15) is 42.2 Å². The summed E-state index contributed by atoms with van der Waals surface area (Å²) in [7, 11) is 0. The molecule has 3 heterocycles. The van der Waals surface area contributed by atoms with Gasteiger partial charge in [0.2, 0.25) is 5.91 Å².